The summed E-state index contributed by atoms with van der Waals surface area (Å²) in [6.45, 7) is 3.92. The van der Waals surface area contributed by atoms with Gasteiger partial charge in [-0.25, -0.2) is 9.97 Å². The van der Waals surface area contributed by atoms with E-state index in [9.17, 15) is 0 Å². The number of likely N-dealkylation sites (tertiary alicyclic amines) is 1. The van der Waals surface area contributed by atoms with E-state index in [1.807, 2.05) is 18.2 Å². The summed E-state index contributed by atoms with van der Waals surface area (Å²) in [5.74, 6) is 1.84. The lowest BCUT2D eigenvalue weighted by Gasteiger charge is -2.15. The first-order chi connectivity index (χ1) is 11.9. The van der Waals surface area contributed by atoms with Crippen LogP contribution >= 0.6 is 0 Å². The van der Waals surface area contributed by atoms with Crippen molar-refractivity contribution in [2.24, 2.45) is 0 Å². The van der Waals surface area contributed by atoms with Crippen LogP contribution in [-0.2, 0) is 13.1 Å². The summed E-state index contributed by atoms with van der Waals surface area (Å²) in [6.07, 6.45) is 2.57. The van der Waals surface area contributed by atoms with Gasteiger partial charge in [-0.05, 0) is 43.6 Å². The molecule has 2 aromatic carbocycles. The van der Waals surface area contributed by atoms with E-state index in [0.717, 1.165) is 48.7 Å². The van der Waals surface area contributed by atoms with Crippen molar-refractivity contribution >= 4 is 16.7 Å². The molecule has 1 saturated heterocycles. The molecule has 0 saturated carbocycles. The highest BCUT2D eigenvalue weighted by Gasteiger charge is 2.15. The number of aromatic nitrogens is 2. The third kappa shape index (κ3) is 3.39. The molecule has 0 bridgehead atoms. The predicted molar refractivity (Wildman–Crippen MR) is 97.8 cm³/mol. The Balaban J connectivity index is 1.61. The number of nitrogens with zero attached hydrogens (tertiary/aromatic N) is 3. The van der Waals surface area contributed by atoms with Gasteiger partial charge in [0.05, 0.1) is 12.1 Å². The zero-order valence-corrected chi connectivity index (χ0v) is 13.8. The fourth-order valence-electron chi connectivity index (χ4n) is 3.25. The lowest BCUT2D eigenvalue weighted by atomic mass is 10.2. The maximum absolute atomic E-state index is 4.82. The van der Waals surface area contributed by atoms with Crippen molar-refractivity contribution < 1.29 is 0 Å². The number of nitrogens with one attached hydrogen (secondary N) is 1. The molecule has 1 fully saturated rings. The highest BCUT2D eigenvalue weighted by molar-refractivity contribution is 5.88. The zero-order chi connectivity index (χ0) is 16.2. The SMILES string of the molecule is c1ccc(CNc2nc(CN3CCCC3)nc3ccccc23)cc1. The molecular formula is C20H22N4. The number of hydrogen-bond donors (Lipinski definition) is 1. The number of anilines is 1. The second kappa shape index (κ2) is 6.97. The fourth-order valence-corrected chi connectivity index (χ4v) is 3.25. The molecule has 1 aromatic heterocycles. The van der Waals surface area contributed by atoms with Gasteiger partial charge in [0.1, 0.15) is 11.6 Å². The van der Waals surface area contributed by atoms with Crippen molar-refractivity contribution in [1.29, 1.82) is 0 Å². The van der Waals surface area contributed by atoms with Crippen LogP contribution in [0.3, 0.4) is 0 Å². The number of fused-ring (bicyclic) bond motifs is 1. The quantitative estimate of drug-likeness (QED) is 0.776. The minimum atomic E-state index is 0.769. The Hall–Kier alpha value is -2.46. The zero-order valence-electron chi connectivity index (χ0n) is 13.8. The molecule has 1 aliphatic heterocycles. The minimum absolute atomic E-state index is 0.769. The topological polar surface area (TPSA) is 41.1 Å². The Labute approximate surface area is 142 Å². The lowest BCUT2D eigenvalue weighted by Crippen LogP contribution is -2.20. The maximum atomic E-state index is 4.82. The van der Waals surface area contributed by atoms with E-state index in [2.05, 4.69) is 46.6 Å². The molecule has 122 valence electrons. The van der Waals surface area contributed by atoms with E-state index in [1.165, 1.54) is 18.4 Å². The van der Waals surface area contributed by atoms with Gasteiger partial charge in [-0.3, -0.25) is 4.90 Å². The van der Waals surface area contributed by atoms with E-state index in [4.69, 9.17) is 9.97 Å². The van der Waals surface area contributed by atoms with Gasteiger partial charge in [-0.2, -0.15) is 0 Å². The molecule has 0 radical (unpaired) electrons. The Morgan fingerprint density at radius 1 is 0.875 bits per heavy atom. The molecule has 4 nitrogen and oxygen atoms in total. The van der Waals surface area contributed by atoms with E-state index in [-0.39, 0.29) is 0 Å². The van der Waals surface area contributed by atoms with Gasteiger partial charge in [0.2, 0.25) is 0 Å². The standard InChI is InChI=1S/C20H22N4/c1-2-8-16(9-3-1)14-21-20-17-10-4-5-11-18(17)22-19(23-20)15-24-12-6-7-13-24/h1-5,8-11H,6-7,12-15H2,(H,21,22,23). The molecule has 0 unspecified atom stereocenters. The van der Waals surface area contributed by atoms with Crippen LogP contribution in [0.4, 0.5) is 5.82 Å². The summed E-state index contributed by atoms with van der Waals surface area (Å²) in [5, 5.41) is 4.58. The summed E-state index contributed by atoms with van der Waals surface area (Å²) in [6, 6.07) is 18.7. The lowest BCUT2D eigenvalue weighted by molar-refractivity contribution is 0.323. The van der Waals surface area contributed by atoms with E-state index in [0.29, 0.717) is 0 Å². The average Bonchev–Trinajstić information content (AvgIpc) is 3.13. The summed E-state index contributed by atoms with van der Waals surface area (Å²) in [4.78, 5) is 12.0. The maximum Gasteiger partial charge on any atom is 0.145 e. The van der Waals surface area contributed by atoms with Gasteiger partial charge in [-0.15, -0.1) is 0 Å². The third-order valence-corrected chi connectivity index (χ3v) is 4.52. The summed E-state index contributed by atoms with van der Waals surface area (Å²) in [5.41, 5.74) is 2.26. The predicted octanol–water partition coefficient (Wildman–Crippen LogP) is 3.84. The Kier molecular flexibility index (Phi) is 4.38. The van der Waals surface area contributed by atoms with Crippen molar-refractivity contribution in [2.75, 3.05) is 18.4 Å². The van der Waals surface area contributed by atoms with Crippen molar-refractivity contribution in [3.8, 4) is 0 Å². The van der Waals surface area contributed by atoms with Crippen molar-refractivity contribution in [3.63, 3.8) is 0 Å². The monoisotopic (exact) mass is 318 g/mol. The number of benzene rings is 2. The number of para-hydroxylation sites is 1. The normalized spacial score (nSPS) is 15.0. The molecule has 0 atom stereocenters. The van der Waals surface area contributed by atoms with E-state index in [1.54, 1.807) is 0 Å². The highest BCUT2D eigenvalue weighted by atomic mass is 15.2. The molecular weight excluding hydrogens is 296 g/mol. The molecule has 0 aliphatic carbocycles. The van der Waals surface area contributed by atoms with Crippen LogP contribution in [0, 0.1) is 0 Å². The van der Waals surface area contributed by atoms with Gasteiger partial charge in [-0.1, -0.05) is 42.5 Å². The minimum Gasteiger partial charge on any atom is -0.365 e. The van der Waals surface area contributed by atoms with Gasteiger partial charge in [0, 0.05) is 11.9 Å². The highest BCUT2D eigenvalue weighted by Crippen LogP contribution is 2.22. The third-order valence-electron chi connectivity index (χ3n) is 4.52. The van der Waals surface area contributed by atoms with Gasteiger partial charge in [0.25, 0.3) is 0 Å². The van der Waals surface area contributed by atoms with Crippen LogP contribution in [0.25, 0.3) is 10.9 Å². The van der Waals surface area contributed by atoms with Crippen molar-refractivity contribution in [3.05, 3.63) is 66.0 Å². The first-order valence-electron chi connectivity index (χ1n) is 8.64. The van der Waals surface area contributed by atoms with Gasteiger partial charge >= 0.3 is 0 Å². The fraction of sp³-hybridized carbons (Fsp3) is 0.300. The van der Waals surface area contributed by atoms with Gasteiger partial charge < -0.3 is 5.32 Å². The summed E-state index contributed by atoms with van der Waals surface area (Å²) in [7, 11) is 0. The summed E-state index contributed by atoms with van der Waals surface area (Å²) >= 11 is 0. The Morgan fingerprint density at radius 2 is 1.62 bits per heavy atom. The summed E-state index contributed by atoms with van der Waals surface area (Å²) < 4.78 is 0. The van der Waals surface area contributed by atoms with Crippen LogP contribution in [-0.4, -0.2) is 28.0 Å². The smallest absolute Gasteiger partial charge is 0.145 e. The first kappa shape index (κ1) is 15.1. The second-order valence-corrected chi connectivity index (χ2v) is 6.33. The first-order valence-corrected chi connectivity index (χ1v) is 8.64. The van der Waals surface area contributed by atoms with E-state index < -0.39 is 0 Å². The molecule has 1 N–H and O–H groups in total. The van der Waals surface area contributed by atoms with Crippen LogP contribution in [0.5, 0.6) is 0 Å². The van der Waals surface area contributed by atoms with Crippen molar-refractivity contribution in [1.82, 2.24) is 14.9 Å². The molecule has 4 rings (SSSR count). The van der Waals surface area contributed by atoms with Crippen LogP contribution in [0.2, 0.25) is 0 Å². The average molecular weight is 318 g/mol. The molecule has 4 heteroatoms. The number of hydrogen-bond acceptors (Lipinski definition) is 4. The van der Waals surface area contributed by atoms with Crippen LogP contribution in [0.15, 0.2) is 54.6 Å². The Morgan fingerprint density at radius 3 is 2.46 bits per heavy atom. The molecule has 2 heterocycles. The van der Waals surface area contributed by atoms with Crippen molar-refractivity contribution in [2.45, 2.75) is 25.9 Å². The van der Waals surface area contributed by atoms with E-state index >= 15 is 0 Å². The largest absolute Gasteiger partial charge is 0.365 e. The van der Waals surface area contributed by atoms with Crippen LogP contribution < -0.4 is 5.32 Å². The number of rotatable bonds is 5. The molecule has 3 aromatic rings. The second-order valence-electron chi connectivity index (χ2n) is 6.33. The molecule has 0 amide bonds. The molecule has 0 spiro atoms. The molecule has 1 aliphatic rings. The Bertz CT molecular complexity index is 810. The molecule has 24 heavy (non-hydrogen) atoms. The van der Waals surface area contributed by atoms with Crippen LogP contribution in [0.1, 0.15) is 24.2 Å². The van der Waals surface area contributed by atoms with Gasteiger partial charge in [0.15, 0.2) is 0 Å².